The Morgan fingerprint density at radius 1 is 1.35 bits per heavy atom. The van der Waals surface area contributed by atoms with E-state index in [1.807, 2.05) is 11.9 Å². The third-order valence-electron chi connectivity index (χ3n) is 4.79. The highest BCUT2D eigenvalue weighted by Crippen LogP contribution is 2.19. The summed E-state index contributed by atoms with van der Waals surface area (Å²) in [6, 6.07) is 3.46. The quantitative estimate of drug-likeness (QED) is 0.889. The van der Waals surface area contributed by atoms with E-state index in [2.05, 4.69) is 20.0 Å². The van der Waals surface area contributed by atoms with Crippen LogP contribution in [-0.2, 0) is 6.54 Å². The van der Waals surface area contributed by atoms with Gasteiger partial charge in [0.1, 0.15) is 0 Å². The Hall–Kier alpha value is -2.48. The van der Waals surface area contributed by atoms with Crippen LogP contribution >= 0.6 is 0 Å². The summed E-state index contributed by atoms with van der Waals surface area (Å²) in [7, 11) is 2.05. The molecule has 0 radical (unpaired) electrons. The average molecular weight is 359 g/mol. The molecule has 1 aliphatic heterocycles. The van der Waals surface area contributed by atoms with E-state index in [0.29, 0.717) is 48.6 Å². The average Bonchev–Trinajstić information content (AvgIpc) is 2.84. The lowest BCUT2D eigenvalue weighted by Gasteiger charge is -2.26. The monoisotopic (exact) mass is 359 g/mol. The Balaban J connectivity index is 1.62. The molecule has 140 valence electrons. The van der Waals surface area contributed by atoms with Gasteiger partial charge in [-0.2, -0.15) is 4.98 Å². The third-order valence-corrected chi connectivity index (χ3v) is 4.79. The predicted octanol–water partition coefficient (Wildman–Crippen LogP) is 1.50. The molecule has 1 aliphatic rings. The second-order valence-corrected chi connectivity index (χ2v) is 6.94. The highest BCUT2D eigenvalue weighted by molar-refractivity contribution is 5.94. The van der Waals surface area contributed by atoms with Crippen molar-refractivity contribution in [3.8, 4) is 0 Å². The first kappa shape index (κ1) is 18.3. The molecular weight excluding hydrogens is 334 g/mol. The van der Waals surface area contributed by atoms with Crippen molar-refractivity contribution in [1.82, 2.24) is 24.9 Å². The number of carbonyl (C=O) groups excluding carboxylic acids is 1. The van der Waals surface area contributed by atoms with Crippen molar-refractivity contribution in [3.05, 3.63) is 45.5 Å². The van der Waals surface area contributed by atoms with Gasteiger partial charge in [0.15, 0.2) is 5.82 Å². The van der Waals surface area contributed by atoms with Gasteiger partial charge in [0, 0.05) is 43.4 Å². The van der Waals surface area contributed by atoms with Crippen molar-refractivity contribution in [2.24, 2.45) is 0 Å². The first-order valence-electron chi connectivity index (χ1n) is 8.92. The summed E-state index contributed by atoms with van der Waals surface area (Å²) >= 11 is 0. The summed E-state index contributed by atoms with van der Waals surface area (Å²) in [6.45, 7) is 5.57. The van der Waals surface area contributed by atoms with Crippen LogP contribution in [0.5, 0.6) is 0 Å². The van der Waals surface area contributed by atoms with Crippen LogP contribution in [0.25, 0.3) is 0 Å². The molecule has 2 aromatic rings. The maximum atomic E-state index is 12.8. The molecule has 2 aromatic heterocycles. The SMILES string of the molecule is Cc1cc(C(=O)N2CCC[C@H](N(C)Cc3noc(C)n3)CC2)cc(=O)[nH]1. The van der Waals surface area contributed by atoms with E-state index in [1.54, 1.807) is 19.9 Å². The van der Waals surface area contributed by atoms with E-state index in [4.69, 9.17) is 4.52 Å². The molecule has 3 rings (SSSR count). The number of pyridine rings is 1. The van der Waals surface area contributed by atoms with E-state index in [-0.39, 0.29) is 11.5 Å². The molecule has 0 spiro atoms. The van der Waals surface area contributed by atoms with Crippen LogP contribution in [-0.4, -0.2) is 57.0 Å². The van der Waals surface area contributed by atoms with Gasteiger partial charge in [-0.1, -0.05) is 5.16 Å². The lowest BCUT2D eigenvalue weighted by Crippen LogP contribution is -2.35. The van der Waals surface area contributed by atoms with Crippen LogP contribution < -0.4 is 5.56 Å². The number of H-pyrrole nitrogens is 1. The van der Waals surface area contributed by atoms with Gasteiger partial charge in [-0.3, -0.25) is 14.5 Å². The highest BCUT2D eigenvalue weighted by atomic mass is 16.5. The van der Waals surface area contributed by atoms with Crippen LogP contribution in [0.4, 0.5) is 0 Å². The second kappa shape index (κ2) is 7.82. The maximum Gasteiger partial charge on any atom is 0.254 e. The first-order chi connectivity index (χ1) is 12.4. The van der Waals surface area contributed by atoms with E-state index in [9.17, 15) is 9.59 Å². The Bertz CT molecular complexity index is 828. The molecule has 0 unspecified atom stereocenters. The first-order valence-corrected chi connectivity index (χ1v) is 8.92. The fourth-order valence-corrected chi connectivity index (χ4v) is 3.47. The van der Waals surface area contributed by atoms with Gasteiger partial charge >= 0.3 is 0 Å². The molecule has 8 heteroatoms. The zero-order chi connectivity index (χ0) is 18.7. The lowest BCUT2D eigenvalue weighted by molar-refractivity contribution is 0.0757. The minimum atomic E-state index is -0.240. The molecule has 1 saturated heterocycles. The van der Waals surface area contributed by atoms with Crippen LogP contribution in [0.1, 0.15) is 47.0 Å². The van der Waals surface area contributed by atoms with Crippen LogP contribution in [0.2, 0.25) is 0 Å². The van der Waals surface area contributed by atoms with Gasteiger partial charge in [-0.15, -0.1) is 0 Å². The smallest absolute Gasteiger partial charge is 0.254 e. The molecule has 0 aromatic carbocycles. The number of hydrogen-bond donors (Lipinski definition) is 1. The molecule has 1 amide bonds. The number of nitrogens with zero attached hydrogens (tertiary/aromatic N) is 4. The number of hydrogen-bond acceptors (Lipinski definition) is 6. The highest BCUT2D eigenvalue weighted by Gasteiger charge is 2.24. The van der Waals surface area contributed by atoms with Crippen molar-refractivity contribution in [1.29, 1.82) is 0 Å². The van der Waals surface area contributed by atoms with Crippen molar-refractivity contribution in [2.45, 2.75) is 45.7 Å². The van der Waals surface area contributed by atoms with E-state index in [0.717, 1.165) is 19.3 Å². The topological polar surface area (TPSA) is 95.3 Å². The fourth-order valence-electron chi connectivity index (χ4n) is 3.47. The number of aryl methyl sites for hydroxylation is 2. The molecule has 1 atom stereocenters. The van der Waals surface area contributed by atoms with E-state index in [1.165, 1.54) is 6.07 Å². The number of nitrogens with one attached hydrogen (secondary N) is 1. The molecule has 3 heterocycles. The molecule has 0 aliphatic carbocycles. The van der Waals surface area contributed by atoms with Crippen LogP contribution in [0.3, 0.4) is 0 Å². The second-order valence-electron chi connectivity index (χ2n) is 6.94. The Morgan fingerprint density at radius 3 is 2.85 bits per heavy atom. The Kier molecular flexibility index (Phi) is 5.51. The van der Waals surface area contributed by atoms with Crippen molar-refractivity contribution in [3.63, 3.8) is 0 Å². The molecular formula is C18H25N5O3. The number of carbonyl (C=O) groups is 1. The minimum Gasteiger partial charge on any atom is -0.340 e. The number of likely N-dealkylation sites (tertiary alicyclic amines) is 1. The van der Waals surface area contributed by atoms with Gasteiger partial charge in [-0.05, 0) is 39.3 Å². The normalized spacial score (nSPS) is 18.2. The van der Waals surface area contributed by atoms with Crippen molar-refractivity contribution < 1.29 is 9.32 Å². The summed E-state index contributed by atoms with van der Waals surface area (Å²) < 4.78 is 5.03. The number of aromatic amines is 1. The van der Waals surface area contributed by atoms with Gasteiger partial charge < -0.3 is 14.4 Å². The number of aromatic nitrogens is 3. The summed E-state index contributed by atoms with van der Waals surface area (Å²) in [5.41, 5.74) is 0.917. The number of rotatable bonds is 4. The fraction of sp³-hybridized carbons (Fsp3) is 0.556. The van der Waals surface area contributed by atoms with Gasteiger partial charge in [0.25, 0.3) is 5.91 Å². The summed E-state index contributed by atoms with van der Waals surface area (Å²) in [4.78, 5) is 35.4. The Labute approximate surface area is 152 Å². The van der Waals surface area contributed by atoms with E-state index >= 15 is 0 Å². The van der Waals surface area contributed by atoms with Crippen molar-refractivity contribution >= 4 is 5.91 Å². The largest absolute Gasteiger partial charge is 0.340 e. The predicted molar refractivity (Wildman–Crippen MR) is 95.8 cm³/mol. The molecule has 1 N–H and O–H groups in total. The van der Waals surface area contributed by atoms with Crippen LogP contribution in [0.15, 0.2) is 21.5 Å². The van der Waals surface area contributed by atoms with Gasteiger partial charge in [-0.25, -0.2) is 0 Å². The number of amides is 1. The summed E-state index contributed by atoms with van der Waals surface area (Å²) in [6.07, 6.45) is 2.81. The Morgan fingerprint density at radius 2 is 2.15 bits per heavy atom. The third kappa shape index (κ3) is 4.37. The molecule has 26 heavy (non-hydrogen) atoms. The minimum absolute atomic E-state index is 0.0729. The molecule has 8 nitrogen and oxygen atoms in total. The lowest BCUT2D eigenvalue weighted by atomic mass is 10.1. The summed E-state index contributed by atoms with van der Waals surface area (Å²) in [5, 5.41) is 3.95. The van der Waals surface area contributed by atoms with Crippen molar-refractivity contribution in [2.75, 3.05) is 20.1 Å². The van der Waals surface area contributed by atoms with Gasteiger partial charge in [0.05, 0.1) is 6.54 Å². The molecule has 0 saturated carbocycles. The molecule has 0 bridgehead atoms. The zero-order valence-corrected chi connectivity index (χ0v) is 15.5. The van der Waals surface area contributed by atoms with Crippen LogP contribution in [0, 0.1) is 13.8 Å². The maximum absolute atomic E-state index is 12.8. The molecule has 1 fully saturated rings. The zero-order valence-electron chi connectivity index (χ0n) is 15.5. The standard InChI is InChI=1S/C18H25N5O3/c1-12-9-14(10-17(24)19-12)18(25)23-7-4-5-15(6-8-23)22(3)11-16-20-13(2)26-21-16/h9-10,15H,4-8,11H2,1-3H3,(H,19,24)/t15-/m0/s1. The van der Waals surface area contributed by atoms with Gasteiger partial charge in [0.2, 0.25) is 11.4 Å². The van der Waals surface area contributed by atoms with E-state index < -0.39 is 0 Å². The summed E-state index contributed by atoms with van der Waals surface area (Å²) in [5.74, 6) is 1.18.